The summed E-state index contributed by atoms with van der Waals surface area (Å²) in [5.41, 5.74) is 0. The van der Waals surface area contributed by atoms with E-state index in [0.717, 1.165) is 38.0 Å². The third kappa shape index (κ3) is 3.96. The smallest absolute Gasteiger partial charge is 0.246 e. The molecule has 3 aliphatic rings. The highest BCUT2D eigenvalue weighted by Crippen LogP contribution is 2.23. The van der Waals surface area contributed by atoms with Crippen molar-refractivity contribution in [2.75, 3.05) is 37.7 Å². The van der Waals surface area contributed by atoms with Gasteiger partial charge in [-0.2, -0.15) is 11.8 Å². The number of hydrogen-bond donors (Lipinski definition) is 1. The minimum Gasteiger partial charge on any atom is -0.343 e. The Morgan fingerprint density at radius 1 is 1.09 bits per heavy atom. The number of carbonyl (C=O) groups excluding carboxylic acids is 2. The van der Waals surface area contributed by atoms with Crippen LogP contribution < -0.4 is 5.32 Å². The molecule has 1 aliphatic carbocycles. The largest absolute Gasteiger partial charge is 0.343 e. The lowest BCUT2D eigenvalue weighted by Gasteiger charge is -2.41. The molecule has 0 radical (unpaired) electrons. The average Bonchev–Trinajstić information content (AvgIpc) is 2.80. The van der Waals surface area contributed by atoms with Gasteiger partial charge in [-0.15, -0.1) is 0 Å². The van der Waals surface area contributed by atoms with Crippen molar-refractivity contribution in [3.63, 3.8) is 0 Å². The number of carbonyl (C=O) groups is 2. The molecule has 0 bridgehead atoms. The highest BCUT2D eigenvalue weighted by Gasteiger charge is 2.31. The molecule has 1 atom stereocenters. The van der Waals surface area contributed by atoms with Crippen molar-refractivity contribution in [1.29, 1.82) is 0 Å². The standard InChI is InChI=1S/C16H27N3O2S/c20-15-6-11-22-12-14(17-15)16(21)19-9-7-18(8-10-19)13-4-2-1-3-5-13/h13-14H,1-12H2,(H,17,20)/t14-/m1/s1. The Balaban J connectivity index is 1.49. The summed E-state index contributed by atoms with van der Waals surface area (Å²) >= 11 is 1.70. The van der Waals surface area contributed by atoms with Crippen LogP contribution in [0, 0.1) is 0 Å². The lowest BCUT2D eigenvalue weighted by Crippen LogP contribution is -2.57. The van der Waals surface area contributed by atoms with Gasteiger partial charge in [0, 0.05) is 50.1 Å². The maximum Gasteiger partial charge on any atom is 0.246 e. The summed E-state index contributed by atoms with van der Waals surface area (Å²) in [6.07, 6.45) is 7.27. The van der Waals surface area contributed by atoms with Gasteiger partial charge in [-0.1, -0.05) is 19.3 Å². The van der Waals surface area contributed by atoms with Crippen LogP contribution in [0.15, 0.2) is 0 Å². The fourth-order valence-corrected chi connectivity index (χ4v) is 4.74. The quantitative estimate of drug-likeness (QED) is 0.826. The fraction of sp³-hybridized carbons (Fsp3) is 0.875. The number of amides is 2. The van der Waals surface area contributed by atoms with E-state index in [2.05, 4.69) is 10.2 Å². The van der Waals surface area contributed by atoms with Crippen LogP contribution in [-0.4, -0.2) is 71.4 Å². The minimum atomic E-state index is -0.318. The molecule has 3 rings (SSSR count). The van der Waals surface area contributed by atoms with E-state index in [9.17, 15) is 9.59 Å². The first kappa shape index (κ1) is 16.1. The van der Waals surface area contributed by atoms with E-state index in [1.807, 2.05) is 4.90 Å². The summed E-state index contributed by atoms with van der Waals surface area (Å²) < 4.78 is 0. The van der Waals surface area contributed by atoms with Crippen molar-refractivity contribution in [1.82, 2.24) is 15.1 Å². The molecule has 0 aromatic rings. The van der Waals surface area contributed by atoms with Crippen LogP contribution >= 0.6 is 11.8 Å². The lowest BCUT2D eigenvalue weighted by atomic mass is 9.94. The molecule has 3 fully saturated rings. The van der Waals surface area contributed by atoms with E-state index >= 15 is 0 Å². The van der Waals surface area contributed by atoms with Crippen molar-refractivity contribution < 1.29 is 9.59 Å². The van der Waals surface area contributed by atoms with Gasteiger partial charge in [0.05, 0.1) is 0 Å². The molecule has 2 aliphatic heterocycles. The Bertz CT molecular complexity index is 404. The van der Waals surface area contributed by atoms with Gasteiger partial charge in [0.25, 0.3) is 0 Å². The third-order valence-electron chi connectivity index (χ3n) is 5.11. The van der Waals surface area contributed by atoms with Gasteiger partial charge in [0.1, 0.15) is 6.04 Å². The van der Waals surface area contributed by atoms with E-state index in [-0.39, 0.29) is 17.9 Å². The molecule has 0 aromatic heterocycles. The summed E-state index contributed by atoms with van der Waals surface area (Å²) in [5, 5.41) is 2.89. The molecular formula is C16H27N3O2S. The van der Waals surface area contributed by atoms with Crippen molar-refractivity contribution in [2.24, 2.45) is 0 Å². The van der Waals surface area contributed by atoms with Crippen molar-refractivity contribution >= 4 is 23.6 Å². The maximum atomic E-state index is 12.6. The number of piperazine rings is 1. The topological polar surface area (TPSA) is 52.7 Å². The zero-order valence-electron chi connectivity index (χ0n) is 13.3. The number of hydrogen-bond acceptors (Lipinski definition) is 4. The van der Waals surface area contributed by atoms with Gasteiger partial charge in [-0.3, -0.25) is 14.5 Å². The second-order valence-corrected chi connectivity index (χ2v) is 7.75. The van der Waals surface area contributed by atoms with Gasteiger partial charge >= 0.3 is 0 Å². The molecule has 5 nitrogen and oxygen atoms in total. The summed E-state index contributed by atoms with van der Waals surface area (Å²) in [5.74, 6) is 1.67. The second-order valence-electron chi connectivity index (χ2n) is 6.60. The summed E-state index contributed by atoms with van der Waals surface area (Å²) in [6, 6.07) is 0.417. The highest BCUT2D eigenvalue weighted by molar-refractivity contribution is 7.99. The predicted molar refractivity (Wildman–Crippen MR) is 88.9 cm³/mol. The van der Waals surface area contributed by atoms with Crippen LogP contribution in [0.25, 0.3) is 0 Å². The van der Waals surface area contributed by atoms with Crippen molar-refractivity contribution in [3.05, 3.63) is 0 Å². The van der Waals surface area contributed by atoms with E-state index in [0.29, 0.717) is 12.2 Å². The Morgan fingerprint density at radius 3 is 2.55 bits per heavy atom. The Hall–Kier alpha value is -0.750. The van der Waals surface area contributed by atoms with E-state index in [1.54, 1.807) is 11.8 Å². The number of rotatable bonds is 2. The van der Waals surface area contributed by atoms with Gasteiger partial charge in [-0.05, 0) is 12.8 Å². The predicted octanol–water partition coefficient (Wildman–Crippen LogP) is 1.08. The van der Waals surface area contributed by atoms with Crippen LogP contribution in [0.4, 0.5) is 0 Å². The van der Waals surface area contributed by atoms with E-state index < -0.39 is 0 Å². The number of nitrogens with zero attached hydrogens (tertiary/aromatic N) is 2. The molecular weight excluding hydrogens is 298 g/mol. The zero-order valence-corrected chi connectivity index (χ0v) is 14.1. The van der Waals surface area contributed by atoms with Crippen LogP contribution in [-0.2, 0) is 9.59 Å². The van der Waals surface area contributed by atoms with Crippen molar-refractivity contribution in [2.45, 2.75) is 50.6 Å². The van der Waals surface area contributed by atoms with E-state index in [1.165, 1.54) is 32.1 Å². The first-order chi connectivity index (χ1) is 10.7. The number of thioether (sulfide) groups is 1. The summed E-state index contributed by atoms with van der Waals surface area (Å²) in [6.45, 7) is 3.60. The van der Waals surface area contributed by atoms with Gasteiger partial charge in [-0.25, -0.2) is 0 Å². The molecule has 1 N–H and O–H groups in total. The van der Waals surface area contributed by atoms with Crippen LogP contribution in [0.2, 0.25) is 0 Å². The minimum absolute atomic E-state index is 0.0178. The zero-order chi connectivity index (χ0) is 15.4. The monoisotopic (exact) mass is 325 g/mol. The van der Waals surface area contributed by atoms with Crippen LogP contribution in [0.5, 0.6) is 0 Å². The molecule has 2 amide bonds. The summed E-state index contributed by atoms with van der Waals surface area (Å²) in [4.78, 5) is 28.8. The van der Waals surface area contributed by atoms with Crippen molar-refractivity contribution in [3.8, 4) is 0 Å². The molecule has 0 unspecified atom stereocenters. The molecule has 2 saturated heterocycles. The Morgan fingerprint density at radius 2 is 1.82 bits per heavy atom. The molecule has 2 heterocycles. The molecule has 0 spiro atoms. The van der Waals surface area contributed by atoms with Crippen LogP contribution in [0.3, 0.4) is 0 Å². The molecule has 22 heavy (non-hydrogen) atoms. The van der Waals surface area contributed by atoms with E-state index in [4.69, 9.17) is 0 Å². The third-order valence-corrected chi connectivity index (χ3v) is 6.17. The van der Waals surface area contributed by atoms with Gasteiger partial charge < -0.3 is 10.2 Å². The van der Waals surface area contributed by atoms with Crippen LogP contribution in [0.1, 0.15) is 38.5 Å². The molecule has 1 saturated carbocycles. The molecule has 124 valence electrons. The summed E-state index contributed by atoms with van der Waals surface area (Å²) in [7, 11) is 0. The Kier molecular flexibility index (Phi) is 5.63. The molecule has 0 aromatic carbocycles. The fourth-order valence-electron chi connectivity index (χ4n) is 3.78. The number of nitrogens with one attached hydrogen (secondary N) is 1. The first-order valence-electron chi connectivity index (χ1n) is 8.64. The Labute approximate surface area is 137 Å². The molecule has 6 heteroatoms. The first-order valence-corrected chi connectivity index (χ1v) is 9.79. The maximum absolute atomic E-state index is 12.6. The van der Waals surface area contributed by atoms with Gasteiger partial charge in [0.2, 0.25) is 11.8 Å². The average molecular weight is 325 g/mol. The normalized spacial score (nSPS) is 29.0. The SMILES string of the molecule is O=C1CCSC[C@H](C(=O)N2CCN(C3CCCCC3)CC2)N1. The van der Waals surface area contributed by atoms with Gasteiger partial charge in [0.15, 0.2) is 0 Å². The second kappa shape index (κ2) is 7.68. The highest BCUT2D eigenvalue weighted by atomic mass is 32.2. The lowest BCUT2D eigenvalue weighted by molar-refractivity contribution is -0.137.